The largest absolute Gasteiger partial charge is 0.380 e. The van der Waals surface area contributed by atoms with Crippen LogP contribution in [0, 0.1) is 0 Å². The lowest BCUT2D eigenvalue weighted by Gasteiger charge is -2.20. The van der Waals surface area contributed by atoms with Crippen molar-refractivity contribution >= 4 is 34.1 Å². The van der Waals surface area contributed by atoms with E-state index in [-0.39, 0.29) is 32.6 Å². The summed E-state index contributed by atoms with van der Waals surface area (Å²) in [6, 6.07) is 0. The number of nitrogens with one attached hydrogen (secondary N) is 6. The summed E-state index contributed by atoms with van der Waals surface area (Å²) in [6.45, 7) is 12.6. The summed E-state index contributed by atoms with van der Waals surface area (Å²) in [7, 11) is 12.2. The molecular weight excluding hydrogens is 1220 g/mol. The van der Waals surface area contributed by atoms with Gasteiger partial charge >= 0.3 is 0 Å². The molecule has 0 fully saturated rings. The summed E-state index contributed by atoms with van der Waals surface area (Å²) in [6.07, 6.45) is 18.1. The fourth-order valence-electron chi connectivity index (χ4n) is 13.4. The molecule has 0 amide bonds. The van der Waals surface area contributed by atoms with E-state index in [0.717, 1.165) is 194 Å². The lowest BCUT2D eigenvalue weighted by Crippen LogP contribution is -2.40. The molecule has 0 bridgehead atoms. The Labute approximate surface area is 563 Å². The first-order chi connectivity index (χ1) is 46.2. The van der Waals surface area contributed by atoms with Crippen molar-refractivity contribution in [2.24, 2.45) is 0 Å². The Balaban J connectivity index is 0.822. The highest BCUT2D eigenvalue weighted by Gasteiger charge is 2.26. The zero-order valence-corrected chi connectivity index (χ0v) is 58.3. The van der Waals surface area contributed by atoms with Crippen molar-refractivity contribution in [1.82, 2.24) is 29.4 Å². The Bertz CT molecular complexity index is 3000. The van der Waals surface area contributed by atoms with Gasteiger partial charge in [-0.1, -0.05) is 0 Å². The monoisotopic (exact) mass is 1330 g/mol. The molecule has 0 aliphatic carbocycles. The first-order valence-corrected chi connectivity index (χ1v) is 35.7. The molecular formula is C72H108N12O12. The Morgan fingerprint density at radius 1 is 0.177 bits per heavy atom. The zero-order valence-electron chi connectivity index (χ0n) is 58.3. The van der Waals surface area contributed by atoms with E-state index >= 15 is 0 Å². The number of nitrogens with zero attached hydrogens (tertiary/aromatic N) is 6. The fourth-order valence-corrected chi connectivity index (χ4v) is 13.4. The van der Waals surface area contributed by atoms with Crippen molar-refractivity contribution < 1.29 is 0 Å². The number of rotatable bonds is 0. The minimum Gasteiger partial charge on any atom is -0.380 e. The maximum Gasteiger partial charge on any atom is 0.253 e. The van der Waals surface area contributed by atoms with Crippen LogP contribution in [0.15, 0.2) is 57.5 Å². The van der Waals surface area contributed by atoms with E-state index in [1.165, 1.54) is 0 Å². The number of hydrogen-bond acceptors (Lipinski definition) is 24. The van der Waals surface area contributed by atoms with Gasteiger partial charge in [-0.15, -0.1) is 0 Å². The summed E-state index contributed by atoms with van der Waals surface area (Å²) in [5.74, 6) is 0. The van der Waals surface area contributed by atoms with Crippen LogP contribution < -0.4 is 97.0 Å². The molecule has 1 aliphatic rings. The van der Waals surface area contributed by atoms with Gasteiger partial charge in [0, 0.05) is 72.6 Å². The molecule has 6 N–H and O–H groups in total. The van der Waals surface area contributed by atoms with E-state index in [2.05, 4.69) is 75.4 Å². The van der Waals surface area contributed by atoms with Crippen molar-refractivity contribution in [3.05, 3.63) is 156 Å². The number of anilines is 6. The van der Waals surface area contributed by atoms with Crippen molar-refractivity contribution in [2.45, 2.75) is 154 Å². The molecule has 0 radical (unpaired) electrons. The van der Waals surface area contributed by atoms with Gasteiger partial charge in [0.15, 0.2) is 0 Å². The molecule has 7 rings (SSSR count). The average molecular weight is 1330 g/mol. The van der Waals surface area contributed by atoms with Gasteiger partial charge < -0.3 is 61.3 Å². The number of fused-ring (bicyclic) bond motifs is 6. The second-order valence-corrected chi connectivity index (χ2v) is 27.3. The van der Waals surface area contributed by atoms with Gasteiger partial charge in [-0.3, -0.25) is 57.5 Å². The Hall–Kier alpha value is -6.96. The van der Waals surface area contributed by atoms with Gasteiger partial charge in [0.1, 0.15) is 34.1 Å². The number of hydrogen-bond donors (Lipinski definition) is 6. The van der Waals surface area contributed by atoms with Gasteiger partial charge in [-0.05, 0) is 275 Å². The van der Waals surface area contributed by atoms with Crippen LogP contribution in [0.4, 0.5) is 34.1 Å². The average Bonchev–Trinajstić information content (AvgIpc) is 0.838. The quantitative estimate of drug-likeness (QED) is 0.119. The van der Waals surface area contributed by atoms with E-state index in [4.69, 9.17) is 0 Å². The van der Waals surface area contributed by atoms with Crippen molar-refractivity contribution in [2.75, 3.05) is 192 Å². The smallest absolute Gasteiger partial charge is 0.253 e. The molecule has 0 spiro atoms. The lowest BCUT2D eigenvalue weighted by atomic mass is 9.92. The van der Waals surface area contributed by atoms with Crippen LogP contribution in [0.5, 0.6) is 0 Å². The predicted octanol–water partition coefficient (Wildman–Crippen LogP) is 2.12. The van der Waals surface area contributed by atoms with Gasteiger partial charge in [0.25, 0.3) is 32.6 Å². The maximum atomic E-state index is 12.6. The third kappa shape index (κ3) is 21.5. The first-order valence-electron chi connectivity index (χ1n) is 35.7. The van der Waals surface area contributed by atoms with E-state index in [1.54, 1.807) is 0 Å². The third-order valence-electron chi connectivity index (χ3n) is 19.5. The normalized spacial score (nSPS) is 19.8. The summed E-state index contributed by atoms with van der Waals surface area (Å²) in [5, 5.41) is 18.9. The summed E-state index contributed by atoms with van der Waals surface area (Å²) in [5.41, 5.74) is 0.824. The van der Waals surface area contributed by atoms with Crippen LogP contribution >= 0.6 is 0 Å². The molecule has 6 aromatic carbocycles. The SMILES string of the molecule is CN1CCCCc2c(c(=O)c2=O)CCCCN(C)CCCCc2c(c(=O)c2=O)CCCCN(C)CCCNc2c(c(=O)c2=O)NCCCN(C)CCCNc2c(c(=O)c2=O)NCCCN(C)CCCNc2c(c(=O)c2=O)NCCCN(C)CCCCc2c(c(=O)c2=O)CCCC1. The standard InChI is InChI=1S/C72H108N12O12/c1-79-37-13-7-25-49-50(62(86)61(49)85)26-8-14-38-80(2)40-16-10-28-52-54(66(90)64(52)88)30-12-18-42-82(4)44-20-32-74-56-58(70(94)68(56)92)76-34-22-46-84(6)48-24-36-78-60-59(71(95)72(60)96)77-35-23-47-83(5)45-21-33-75-57-55(67(91)69(57)93)73-31-19-43-81(3)41-17-11-29-53-51(27-9-15-39-79)63(87)65(53)89/h73-78H,7-48H2,1-6H3. The summed E-state index contributed by atoms with van der Waals surface area (Å²) >= 11 is 0. The van der Waals surface area contributed by atoms with Crippen LogP contribution in [0.1, 0.15) is 149 Å². The van der Waals surface area contributed by atoms with Crippen LogP contribution in [-0.2, 0) is 38.5 Å². The van der Waals surface area contributed by atoms with Gasteiger partial charge in [-0.25, -0.2) is 0 Å². The molecule has 6 aromatic rings. The fraction of sp³-hybridized carbons (Fsp3) is 0.667. The van der Waals surface area contributed by atoms with Crippen LogP contribution in [0.2, 0.25) is 0 Å². The molecule has 96 heavy (non-hydrogen) atoms. The molecule has 24 heteroatoms. The summed E-state index contributed by atoms with van der Waals surface area (Å²) in [4.78, 5) is 163. The van der Waals surface area contributed by atoms with Crippen molar-refractivity contribution in [3.8, 4) is 0 Å². The van der Waals surface area contributed by atoms with E-state index in [0.29, 0.717) is 145 Å². The highest BCUT2D eigenvalue weighted by molar-refractivity contribution is 5.75. The first kappa shape index (κ1) is 76.4. The molecule has 1 aliphatic heterocycles. The highest BCUT2D eigenvalue weighted by Crippen LogP contribution is 2.19. The third-order valence-corrected chi connectivity index (χ3v) is 19.5. The van der Waals surface area contributed by atoms with Crippen molar-refractivity contribution in [1.29, 1.82) is 0 Å². The van der Waals surface area contributed by atoms with Crippen molar-refractivity contribution in [3.63, 3.8) is 0 Å². The lowest BCUT2D eigenvalue weighted by molar-refractivity contribution is 0.317. The van der Waals surface area contributed by atoms with E-state index in [1.807, 2.05) is 28.2 Å². The predicted molar refractivity (Wildman–Crippen MR) is 389 cm³/mol. The van der Waals surface area contributed by atoms with E-state index in [9.17, 15) is 57.5 Å². The van der Waals surface area contributed by atoms with Gasteiger partial charge in [0.05, 0.1) is 0 Å². The minimum absolute atomic E-state index is 0.312. The maximum absolute atomic E-state index is 12.6. The van der Waals surface area contributed by atoms with Gasteiger partial charge in [-0.2, -0.15) is 0 Å². The van der Waals surface area contributed by atoms with E-state index < -0.39 is 32.6 Å². The molecule has 0 saturated heterocycles. The topological polar surface area (TPSA) is 296 Å². The second kappa shape index (κ2) is 38.8. The minimum atomic E-state index is -0.528. The molecule has 528 valence electrons. The molecule has 1 heterocycles. The Kier molecular flexibility index (Phi) is 30.9. The molecule has 0 aromatic heterocycles. The Morgan fingerprint density at radius 2 is 0.302 bits per heavy atom. The molecule has 0 atom stereocenters. The molecule has 0 unspecified atom stereocenters. The van der Waals surface area contributed by atoms with Crippen LogP contribution in [0.3, 0.4) is 0 Å². The highest BCUT2D eigenvalue weighted by atomic mass is 16.2. The zero-order chi connectivity index (χ0) is 69.3. The molecule has 24 nitrogen and oxygen atoms in total. The van der Waals surface area contributed by atoms with Crippen LogP contribution in [0.25, 0.3) is 0 Å². The van der Waals surface area contributed by atoms with Gasteiger partial charge in [0.2, 0.25) is 32.6 Å². The summed E-state index contributed by atoms with van der Waals surface area (Å²) < 4.78 is 0. The Morgan fingerprint density at radius 3 is 0.438 bits per heavy atom. The molecule has 0 saturated carbocycles. The second-order valence-electron chi connectivity index (χ2n) is 27.3. The van der Waals surface area contributed by atoms with Crippen LogP contribution in [-0.4, -0.2) is 189 Å².